The van der Waals surface area contributed by atoms with E-state index in [9.17, 15) is 35.7 Å². The quantitative estimate of drug-likeness (QED) is 0.429. The van der Waals surface area contributed by atoms with Crippen LogP contribution in [0, 0.1) is 0 Å². The molecular weight excluding hydrogens is 447 g/mol. The maximum Gasteiger partial charge on any atom is 1.00 e. The number of nitrogens with zero attached hydrogens (tertiary/aromatic N) is 2. The minimum atomic E-state index is -5.11. The van der Waals surface area contributed by atoms with Gasteiger partial charge in [-0.15, -0.1) is 0 Å². The SMILES string of the molecule is Cn1c(C(F)(F)F)cc(=O)n(Cc2cc(Cl)cc(Cl)c2S(=O)(=O)[O-])c1=O.[Na+]. The molecule has 0 N–H and O–H groups in total. The number of hydrogen-bond acceptors (Lipinski definition) is 5. The Morgan fingerprint density at radius 3 is 2.19 bits per heavy atom. The van der Waals surface area contributed by atoms with Crippen LogP contribution in [-0.4, -0.2) is 22.1 Å². The number of alkyl halides is 3. The molecule has 142 valence electrons. The van der Waals surface area contributed by atoms with Crippen molar-refractivity contribution in [3.8, 4) is 0 Å². The average Bonchev–Trinajstić information content (AvgIpc) is 2.43. The van der Waals surface area contributed by atoms with Crippen molar-refractivity contribution < 1.29 is 55.7 Å². The molecule has 0 bridgehead atoms. The number of benzene rings is 1. The summed E-state index contributed by atoms with van der Waals surface area (Å²) in [5, 5.41) is -0.645. The number of hydrogen-bond donors (Lipinski definition) is 0. The van der Waals surface area contributed by atoms with E-state index in [1.54, 1.807) is 0 Å². The van der Waals surface area contributed by atoms with Crippen LogP contribution < -0.4 is 40.8 Å². The second kappa shape index (κ2) is 8.27. The van der Waals surface area contributed by atoms with Crippen molar-refractivity contribution in [3.63, 3.8) is 0 Å². The molecule has 0 saturated carbocycles. The van der Waals surface area contributed by atoms with Crippen LogP contribution in [0.4, 0.5) is 13.2 Å². The second-order valence-corrected chi connectivity index (χ2v) is 7.28. The Morgan fingerprint density at radius 1 is 1.15 bits per heavy atom. The van der Waals surface area contributed by atoms with Gasteiger partial charge in [-0.05, 0) is 17.7 Å². The van der Waals surface area contributed by atoms with Crippen LogP contribution >= 0.6 is 23.2 Å². The Hall–Kier alpha value is -0.820. The molecule has 0 aliphatic carbocycles. The van der Waals surface area contributed by atoms with E-state index >= 15 is 0 Å². The third kappa shape index (κ3) is 5.17. The third-order valence-electron chi connectivity index (χ3n) is 3.36. The van der Waals surface area contributed by atoms with Gasteiger partial charge in [0.2, 0.25) is 0 Å². The maximum absolute atomic E-state index is 12.8. The van der Waals surface area contributed by atoms with Gasteiger partial charge in [0.25, 0.3) is 5.56 Å². The molecule has 1 aromatic heterocycles. The standard InChI is InChI=1S/C13H9Cl2F3N2O5S.Na/c1-19-9(13(16,17)18)4-10(21)20(12(19)22)5-6-2-7(14)3-8(15)11(6)26(23,24)25;/h2-4H,5H2,1H3,(H,23,24,25);/q;+1/p-1. The van der Waals surface area contributed by atoms with Gasteiger partial charge >= 0.3 is 41.4 Å². The third-order valence-corrected chi connectivity index (χ3v) is 4.97. The van der Waals surface area contributed by atoms with Gasteiger partial charge in [-0.25, -0.2) is 13.2 Å². The first kappa shape index (κ1) is 24.2. The zero-order valence-electron chi connectivity index (χ0n) is 13.7. The van der Waals surface area contributed by atoms with Crippen molar-refractivity contribution in [3.05, 3.63) is 60.3 Å². The van der Waals surface area contributed by atoms with Gasteiger partial charge in [0, 0.05) is 18.1 Å². The summed E-state index contributed by atoms with van der Waals surface area (Å²) in [5.74, 6) is 0. The minimum Gasteiger partial charge on any atom is -0.744 e. The number of halogens is 5. The Balaban J connectivity index is 0.00000364. The number of rotatable bonds is 3. The topological polar surface area (TPSA) is 101 Å². The molecular formula is C13H8Cl2F3N2NaO5S. The van der Waals surface area contributed by atoms with Crippen molar-refractivity contribution in [1.82, 2.24) is 9.13 Å². The van der Waals surface area contributed by atoms with Gasteiger partial charge in [0.15, 0.2) is 0 Å². The normalized spacial score (nSPS) is 12.0. The predicted molar refractivity (Wildman–Crippen MR) is 84.5 cm³/mol. The van der Waals surface area contributed by atoms with Gasteiger partial charge in [-0.2, -0.15) is 13.2 Å². The van der Waals surface area contributed by atoms with Crippen molar-refractivity contribution in [1.29, 1.82) is 0 Å². The van der Waals surface area contributed by atoms with E-state index in [1.807, 2.05) is 0 Å². The van der Waals surface area contributed by atoms with Gasteiger partial charge in [-0.3, -0.25) is 13.9 Å². The van der Waals surface area contributed by atoms with E-state index in [2.05, 4.69) is 0 Å². The zero-order valence-corrected chi connectivity index (χ0v) is 18.0. The summed E-state index contributed by atoms with van der Waals surface area (Å²) in [6.45, 7) is -0.819. The Bertz CT molecular complexity index is 1110. The second-order valence-electron chi connectivity index (χ2n) is 5.12. The zero-order chi connectivity index (χ0) is 20.0. The monoisotopic (exact) mass is 454 g/mol. The van der Waals surface area contributed by atoms with Gasteiger partial charge in [-0.1, -0.05) is 23.2 Å². The molecule has 0 unspecified atom stereocenters. The summed E-state index contributed by atoms with van der Waals surface area (Å²) in [5.41, 5.74) is -4.60. The van der Waals surface area contributed by atoms with Crippen molar-refractivity contribution in [2.45, 2.75) is 17.6 Å². The fourth-order valence-electron chi connectivity index (χ4n) is 2.27. The van der Waals surface area contributed by atoms with Crippen LogP contribution in [-0.2, 0) is 29.9 Å². The summed E-state index contributed by atoms with van der Waals surface area (Å²) < 4.78 is 73.2. The summed E-state index contributed by atoms with van der Waals surface area (Å²) >= 11 is 11.4. The summed E-state index contributed by atoms with van der Waals surface area (Å²) in [6.07, 6.45) is -4.95. The molecule has 1 heterocycles. The van der Waals surface area contributed by atoms with Crippen LogP contribution in [0.3, 0.4) is 0 Å². The maximum atomic E-state index is 12.8. The molecule has 0 spiro atoms. The van der Waals surface area contributed by atoms with Gasteiger partial charge < -0.3 is 4.55 Å². The first-order chi connectivity index (χ1) is 11.7. The van der Waals surface area contributed by atoms with E-state index < -0.39 is 55.3 Å². The molecule has 0 aliphatic heterocycles. The van der Waals surface area contributed by atoms with Crippen LogP contribution in [0.15, 0.2) is 32.7 Å². The van der Waals surface area contributed by atoms with Crippen LogP contribution in [0.25, 0.3) is 0 Å². The van der Waals surface area contributed by atoms with Crippen molar-refractivity contribution >= 4 is 33.3 Å². The predicted octanol–water partition coefficient (Wildman–Crippen LogP) is -1.17. The van der Waals surface area contributed by atoms with Crippen LogP contribution in [0.2, 0.25) is 10.0 Å². The number of aromatic nitrogens is 2. The smallest absolute Gasteiger partial charge is 0.744 e. The summed E-state index contributed by atoms with van der Waals surface area (Å²) in [6, 6.07) is 2.12. The summed E-state index contributed by atoms with van der Waals surface area (Å²) in [4.78, 5) is 23.2. The van der Waals surface area contributed by atoms with E-state index in [-0.39, 0.29) is 45.2 Å². The van der Waals surface area contributed by atoms with Crippen LogP contribution in [0.1, 0.15) is 11.3 Å². The van der Waals surface area contributed by atoms with Crippen molar-refractivity contribution in [2.75, 3.05) is 0 Å². The summed E-state index contributed by atoms with van der Waals surface area (Å²) in [7, 11) is -4.32. The molecule has 2 aromatic rings. The van der Waals surface area contributed by atoms with E-state index in [0.717, 1.165) is 19.2 Å². The molecule has 0 amide bonds. The molecule has 0 atom stereocenters. The Morgan fingerprint density at radius 2 is 1.70 bits per heavy atom. The molecule has 0 radical (unpaired) electrons. The van der Waals surface area contributed by atoms with Gasteiger partial charge in [0.05, 0.1) is 16.5 Å². The molecule has 27 heavy (non-hydrogen) atoms. The first-order valence-electron chi connectivity index (χ1n) is 6.55. The Kier molecular flexibility index (Phi) is 7.42. The molecule has 7 nitrogen and oxygen atoms in total. The fourth-order valence-corrected chi connectivity index (χ4v) is 3.83. The molecule has 2 rings (SSSR count). The van der Waals surface area contributed by atoms with Gasteiger partial charge in [0.1, 0.15) is 15.8 Å². The average molecular weight is 455 g/mol. The first-order valence-corrected chi connectivity index (χ1v) is 8.71. The molecule has 0 fully saturated rings. The van der Waals surface area contributed by atoms with E-state index in [0.29, 0.717) is 4.57 Å². The Labute approximate surface area is 182 Å². The molecule has 0 aliphatic rings. The molecule has 1 aromatic carbocycles. The molecule has 0 saturated heterocycles. The fraction of sp³-hybridized carbons (Fsp3) is 0.231. The molecule has 14 heteroatoms. The van der Waals surface area contributed by atoms with E-state index in [1.165, 1.54) is 0 Å². The van der Waals surface area contributed by atoms with Crippen molar-refractivity contribution in [2.24, 2.45) is 7.05 Å². The van der Waals surface area contributed by atoms with Crippen LogP contribution in [0.5, 0.6) is 0 Å². The largest absolute Gasteiger partial charge is 1.00 e. The van der Waals surface area contributed by atoms with E-state index in [4.69, 9.17) is 23.2 Å². The minimum absolute atomic E-state index is 0.